The lowest BCUT2D eigenvalue weighted by atomic mass is 9.77. The Morgan fingerprint density at radius 2 is 1.94 bits per heavy atom. The summed E-state index contributed by atoms with van der Waals surface area (Å²) in [5.41, 5.74) is 0.527. The Morgan fingerprint density at radius 3 is 2.67 bits per heavy atom. The second-order valence-corrected chi connectivity index (χ2v) is 8.88. The van der Waals surface area contributed by atoms with Crippen LogP contribution in [0.2, 0.25) is 5.02 Å². The maximum absolute atomic E-state index is 13.7. The summed E-state index contributed by atoms with van der Waals surface area (Å²) in [5, 5.41) is 22.7. The highest BCUT2D eigenvalue weighted by Gasteiger charge is 2.68. The Hall–Kier alpha value is -3.56. The van der Waals surface area contributed by atoms with Crippen molar-refractivity contribution in [2.24, 2.45) is 11.8 Å². The zero-order valence-electron chi connectivity index (χ0n) is 17.2. The molecular formula is C23H18ClN5O4. The van der Waals surface area contributed by atoms with E-state index in [4.69, 9.17) is 16.3 Å². The zero-order chi connectivity index (χ0) is 22.7. The predicted molar refractivity (Wildman–Crippen MR) is 116 cm³/mol. The molecule has 2 bridgehead atoms. The van der Waals surface area contributed by atoms with Crippen molar-refractivity contribution < 1.29 is 19.4 Å². The molecule has 4 heterocycles. The molecule has 1 N–H and O–H groups in total. The van der Waals surface area contributed by atoms with Gasteiger partial charge in [0.1, 0.15) is 17.6 Å². The minimum absolute atomic E-state index is 0.209. The third-order valence-electron chi connectivity index (χ3n) is 6.65. The van der Waals surface area contributed by atoms with Crippen LogP contribution in [0.5, 0.6) is 0 Å². The fourth-order valence-electron chi connectivity index (χ4n) is 5.26. The van der Waals surface area contributed by atoms with Crippen LogP contribution >= 0.6 is 11.6 Å². The monoisotopic (exact) mass is 463 g/mol. The van der Waals surface area contributed by atoms with Crippen LogP contribution in [0.3, 0.4) is 0 Å². The maximum atomic E-state index is 13.7. The van der Waals surface area contributed by atoms with Gasteiger partial charge in [0.15, 0.2) is 5.82 Å². The Bertz CT molecular complexity index is 1280. The van der Waals surface area contributed by atoms with E-state index in [-0.39, 0.29) is 12.5 Å². The van der Waals surface area contributed by atoms with Crippen LogP contribution in [-0.2, 0) is 14.3 Å². The van der Waals surface area contributed by atoms with E-state index in [2.05, 4.69) is 15.5 Å². The molecule has 3 aliphatic heterocycles. The first-order valence-corrected chi connectivity index (χ1v) is 10.9. The molecule has 33 heavy (non-hydrogen) atoms. The molecule has 0 unspecified atom stereocenters. The minimum atomic E-state index is -1.03. The van der Waals surface area contributed by atoms with Gasteiger partial charge in [0.05, 0.1) is 24.3 Å². The largest absolute Gasteiger partial charge is 0.481 e. The normalized spacial score (nSPS) is 28.3. The van der Waals surface area contributed by atoms with Gasteiger partial charge in [0, 0.05) is 5.02 Å². The number of amides is 1. The molecule has 6 rings (SSSR count). The van der Waals surface area contributed by atoms with Gasteiger partial charge in [-0.3, -0.25) is 9.59 Å². The minimum Gasteiger partial charge on any atom is -0.481 e. The molecule has 3 aromatic rings. The number of hydrogen-bond donors (Lipinski definition) is 1. The fraction of sp³-hybridized carbons (Fsp3) is 0.261. The van der Waals surface area contributed by atoms with E-state index in [0.29, 0.717) is 16.5 Å². The molecule has 1 aromatic heterocycles. The molecule has 2 aromatic carbocycles. The van der Waals surface area contributed by atoms with Crippen LogP contribution in [-0.4, -0.2) is 60.3 Å². The number of tetrazole rings is 1. The van der Waals surface area contributed by atoms with Crippen LogP contribution in [0.1, 0.15) is 17.4 Å². The van der Waals surface area contributed by atoms with Crippen molar-refractivity contribution in [2.45, 2.75) is 17.7 Å². The van der Waals surface area contributed by atoms with Gasteiger partial charge < -0.3 is 14.7 Å². The third-order valence-corrected chi connectivity index (χ3v) is 6.90. The smallest absolute Gasteiger partial charge is 0.310 e. The average molecular weight is 464 g/mol. The topological polar surface area (TPSA) is 110 Å². The molecule has 2 saturated heterocycles. The van der Waals surface area contributed by atoms with E-state index in [1.165, 1.54) is 0 Å². The molecule has 10 heteroatoms. The number of halogens is 1. The third kappa shape index (κ3) is 2.93. The van der Waals surface area contributed by atoms with E-state index < -0.39 is 35.6 Å². The van der Waals surface area contributed by atoms with Gasteiger partial charge in [-0.1, -0.05) is 54.1 Å². The van der Waals surface area contributed by atoms with Gasteiger partial charge in [0.25, 0.3) is 0 Å². The summed E-state index contributed by atoms with van der Waals surface area (Å²) in [4.78, 5) is 27.4. The number of aliphatic carboxylic acids is 1. The molecule has 2 fully saturated rings. The highest BCUT2D eigenvalue weighted by Crippen LogP contribution is 2.53. The highest BCUT2D eigenvalue weighted by atomic mass is 35.5. The number of likely N-dealkylation sites (tertiary alicyclic amines) is 1. The van der Waals surface area contributed by atoms with Crippen molar-refractivity contribution in [3.8, 4) is 5.69 Å². The average Bonchev–Trinajstić information content (AvgIpc) is 3.57. The number of carbonyl (C=O) groups is 2. The molecule has 5 atom stereocenters. The first kappa shape index (κ1) is 20.1. The van der Waals surface area contributed by atoms with Gasteiger partial charge in [0.2, 0.25) is 5.91 Å². The van der Waals surface area contributed by atoms with E-state index >= 15 is 0 Å². The number of benzene rings is 2. The van der Waals surface area contributed by atoms with Crippen LogP contribution < -0.4 is 0 Å². The summed E-state index contributed by atoms with van der Waals surface area (Å²) in [7, 11) is 0. The summed E-state index contributed by atoms with van der Waals surface area (Å²) in [6, 6.07) is 15.8. The Balaban J connectivity index is 1.47. The standard InChI is InChI=1S/C23H18ClN5O4/c24-14-6-8-15(9-7-14)29-20(25-26-27-29)19(13-4-2-1-3-5-13)28-12-23-11-10-16(33-23)17(22(31)32)18(23)21(28)30/h1-11,16-19H,12H2,(H,31,32)/t16-,17-,18-,19-,23+/m1/s1. The van der Waals surface area contributed by atoms with E-state index in [9.17, 15) is 14.7 Å². The SMILES string of the molecule is O=C(O)[C@@H]1[C@H]2C=C[C@@]3(CN([C@H](c4ccccc4)c4nnnn4-c4ccc(Cl)cc4)C(=O)[C@@H]13)O2. The van der Waals surface area contributed by atoms with Gasteiger partial charge >= 0.3 is 5.97 Å². The first-order valence-electron chi connectivity index (χ1n) is 10.5. The summed E-state index contributed by atoms with van der Waals surface area (Å²) in [5.74, 6) is -2.60. The van der Waals surface area contributed by atoms with Gasteiger partial charge in [-0.05, 0) is 40.3 Å². The van der Waals surface area contributed by atoms with Crippen molar-refractivity contribution in [1.82, 2.24) is 25.1 Å². The van der Waals surface area contributed by atoms with Crippen molar-refractivity contribution >= 4 is 23.5 Å². The van der Waals surface area contributed by atoms with E-state index in [1.807, 2.05) is 36.4 Å². The summed E-state index contributed by atoms with van der Waals surface area (Å²) >= 11 is 6.04. The number of rotatable bonds is 5. The second kappa shape index (κ2) is 7.23. The summed E-state index contributed by atoms with van der Waals surface area (Å²) in [6.45, 7) is 0.209. The van der Waals surface area contributed by atoms with Gasteiger partial charge in [-0.2, -0.15) is 4.68 Å². The summed E-state index contributed by atoms with van der Waals surface area (Å²) in [6.07, 6.45) is 3.00. The highest BCUT2D eigenvalue weighted by molar-refractivity contribution is 6.30. The van der Waals surface area contributed by atoms with Gasteiger partial charge in [-0.15, -0.1) is 5.10 Å². The lowest BCUT2D eigenvalue weighted by Crippen LogP contribution is -2.39. The van der Waals surface area contributed by atoms with Gasteiger partial charge in [-0.25, -0.2) is 0 Å². The number of carboxylic acids is 1. The molecule has 1 amide bonds. The molecule has 0 radical (unpaired) electrons. The van der Waals surface area contributed by atoms with E-state index in [0.717, 1.165) is 5.56 Å². The van der Waals surface area contributed by atoms with Crippen LogP contribution in [0, 0.1) is 11.8 Å². The Morgan fingerprint density at radius 1 is 1.18 bits per heavy atom. The second-order valence-electron chi connectivity index (χ2n) is 8.44. The number of hydrogen-bond acceptors (Lipinski definition) is 6. The molecular weight excluding hydrogens is 446 g/mol. The molecule has 0 saturated carbocycles. The maximum Gasteiger partial charge on any atom is 0.310 e. The van der Waals surface area contributed by atoms with E-state index in [1.54, 1.807) is 39.9 Å². The first-order chi connectivity index (χ1) is 16.0. The number of aromatic nitrogens is 4. The summed E-state index contributed by atoms with van der Waals surface area (Å²) < 4.78 is 7.63. The molecule has 9 nitrogen and oxygen atoms in total. The molecule has 166 valence electrons. The number of fused-ring (bicyclic) bond motifs is 1. The molecule has 3 aliphatic rings. The fourth-order valence-corrected chi connectivity index (χ4v) is 5.39. The lowest BCUT2D eigenvalue weighted by molar-refractivity contribution is -0.148. The van der Waals surface area contributed by atoms with Crippen molar-refractivity contribution in [3.63, 3.8) is 0 Å². The number of carbonyl (C=O) groups excluding carboxylic acids is 1. The predicted octanol–water partition coefficient (Wildman–Crippen LogP) is 2.27. The Kier molecular flexibility index (Phi) is 4.40. The molecule has 0 aliphatic carbocycles. The quantitative estimate of drug-likeness (QED) is 0.578. The lowest BCUT2D eigenvalue weighted by Gasteiger charge is -2.29. The van der Waals surface area contributed by atoms with Crippen LogP contribution in [0.15, 0.2) is 66.7 Å². The van der Waals surface area contributed by atoms with Crippen molar-refractivity contribution in [1.29, 1.82) is 0 Å². The number of ether oxygens (including phenoxy) is 1. The van der Waals surface area contributed by atoms with Crippen molar-refractivity contribution in [3.05, 3.63) is 83.2 Å². The number of nitrogens with zero attached hydrogens (tertiary/aromatic N) is 5. The number of carboxylic acid groups (broad SMARTS) is 1. The Labute approximate surface area is 193 Å². The van der Waals surface area contributed by atoms with Crippen LogP contribution in [0.25, 0.3) is 5.69 Å². The van der Waals surface area contributed by atoms with Crippen LogP contribution in [0.4, 0.5) is 0 Å². The molecule has 1 spiro atoms. The van der Waals surface area contributed by atoms with Crippen molar-refractivity contribution in [2.75, 3.05) is 6.54 Å². The zero-order valence-corrected chi connectivity index (χ0v) is 17.9.